The highest BCUT2D eigenvalue weighted by Gasteiger charge is 2.04. The zero-order valence-electron chi connectivity index (χ0n) is 11.7. The van der Waals surface area contributed by atoms with Gasteiger partial charge in [-0.15, -0.1) is 0 Å². The molecule has 0 aromatic heterocycles. The number of benzene rings is 2. The molecule has 0 radical (unpaired) electrons. The fourth-order valence-electron chi connectivity index (χ4n) is 1.81. The molecule has 0 aliphatic heterocycles. The van der Waals surface area contributed by atoms with Crippen LogP contribution in [-0.2, 0) is 0 Å². The molecule has 0 aliphatic rings. The minimum atomic E-state index is 0.380. The van der Waals surface area contributed by atoms with Gasteiger partial charge in [-0.1, -0.05) is 19.1 Å². The summed E-state index contributed by atoms with van der Waals surface area (Å²) in [6.45, 7) is 2.82. The van der Waals surface area contributed by atoms with Crippen molar-refractivity contribution in [2.24, 2.45) is 5.73 Å². The molecule has 21 heavy (non-hydrogen) atoms. The van der Waals surface area contributed by atoms with Crippen molar-refractivity contribution in [3.8, 4) is 5.75 Å². The Morgan fingerprint density at radius 3 is 2.43 bits per heavy atom. The normalized spacial score (nSPS) is 10.2. The van der Waals surface area contributed by atoms with E-state index in [2.05, 4.69) is 28.2 Å². The Balaban J connectivity index is 2.07. The van der Waals surface area contributed by atoms with Crippen molar-refractivity contribution in [2.45, 2.75) is 13.3 Å². The molecular weight excluding hydrogens is 348 g/mol. The number of hydrogen-bond donors (Lipinski definition) is 2. The van der Waals surface area contributed by atoms with Gasteiger partial charge >= 0.3 is 0 Å². The lowest BCUT2D eigenvalue weighted by molar-refractivity contribution is 0.317. The highest BCUT2D eigenvalue weighted by molar-refractivity contribution is 9.10. The van der Waals surface area contributed by atoms with Crippen LogP contribution in [0.15, 0.2) is 46.9 Å². The third kappa shape index (κ3) is 4.44. The van der Waals surface area contributed by atoms with E-state index < -0.39 is 0 Å². The minimum Gasteiger partial charge on any atom is -0.494 e. The van der Waals surface area contributed by atoms with Gasteiger partial charge in [0.05, 0.1) is 6.61 Å². The smallest absolute Gasteiger partial charge is 0.119 e. The van der Waals surface area contributed by atoms with Crippen LogP contribution in [0.3, 0.4) is 0 Å². The third-order valence-electron chi connectivity index (χ3n) is 2.85. The fourth-order valence-corrected chi connectivity index (χ4v) is 2.72. The predicted molar refractivity (Wildman–Crippen MR) is 95.5 cm³/mol. The number of ether oxygens (including phenoxy) is 1. The Labute approximate surface area is 138 Å². The first-order valence-corrected chi connectivity index (χ1v) is 7.89. The standard InChI is InChI=1S/C16H17BrN2OS/c1-2-9-20-13-6-3-11(4-7-13)19-12-5-8-14(16(18)21)15(17)10-12/h3-8,10,19H,2,9H2,1H3,(H2,18,21). The van der Waals surface area contributed by atoms with Gasteiger partial charge in [0.15, 0.2) is 0 Å². The zero-order valence-corrected chi connectivity index (χ0v) is 14.1. The van der Waals surface area contributed by atoms with Crippen molar-refractivity contribution in [3.63, 3.8) is 0 Å². The van der Waals surface area contributed by atoms with Crippen molar-refractivity contribution >= 4 is 44.5 Å². The first-order chi connectivity index (χ1) is 10.1. The quantitative estimate of drug-likeness (QED) is 0.734. The maximum absolute atomic E-state index is 5.64. The lowest BCUT2D eigenvalue weighted by atomic mass is 10.2. The average Bonchev–Trinajstić information content (AvgIpc) is 2.46. The summed E-state index contributed by atoms with van der Waals surface area (Å²) in [5.41, 5.74) is 8.43. The molecule has 0 fully saturated rings. The molecule has 2 rings (SSSR count). The van der Waals surface area contributed by atoms with Crippen LogP contribution >= 0.6 is 28.1 Å². The van der Waals surface area contributed by atoms with Crippen LogP contribution in [0.2, 0.25) is 0 Å². The highest BCUT2D eigenvalue weighted by Crippen LogP contribution is 2.25. The number of hydrogen-bond acceptors (Lipinski definition) is 3. The molecule has 2 aromatic rings. The van der Waals surface area contributed by atoms with Crippen LogP contribution in [-0.4, -0.2) is 11.6 Å². The van der Waals surface area contributed by atoms with E-state index >= 15 is 0 Å². The van der Waals surface area contributed by atoms with Crippen molar-refractivity contribution in [2.75, 3.05) is 11.9 Å². The molecular formula is C16H17BrN2OS. The molecule has 3 N–H and O–H groups in total. The molecule has 0 unspecified atom stereocenters. The second-order valence-corrected chi connectivity index (χ2v) is 5.85. The van der Waals surface area contributed by atoms with Gasteiger partial charge in [0.2, 0.25) is 0 Å². The lowest BCUT2D eigenvalue weighted by Gasteiger charge is -2.10. The van der Waals surface area contributed by atoms with E-state index in [0.717, 1.165) is 40.2 Å². The largest absolute Gasteiger partial charge is 0.494 e. The summed E-state index contributed by atoms with van der Waals surface area (Å²) >= 11 is 8.46. The van der Waals surface area contributed by atoms with E-state index in [1.807, 2.05) is 42.5 Å². The Morgan fingerprint density at radius 2 is 1.86 bits per heavy atom. The van der Waals surface area contributed by atoms with Gasteiger partial charge in [-0.2, -0.15) is 0 Å². The Hall–Kier alpha value is -1.59. The first-order valence-electron chi connectivity index (χ1n) is 6.69. The number of rotatable bonds is 6. The van der Waals surface area contributed by atoms with Crippen molar-refractivity contribution in [1.29, 1.82) is 0 Å². The van der Waals surface area contributed by atoms with E-state index in [-0.39, 0.29) is 0 Å². The van der Waals surface area contributed by atoms with Crippen LogP contribution in [0.1, 0.15) is 18.9 Å². The van der Waals surface area contributed by atoms with Crippen LogP contribution in [0.5, 0.6) is 5.75 Å². The summed E-state index contributed by atoms with van der Waals surface area (Å²) in [5.74, 6) is 0.882. The predicted octanol–water partition coefficient (Wildman–Crippen LogP) is 4.62. The number of thiocarbonyl (C=S) groups is 1. The van der Waals surface area contributed by atoms with E-state index in [4.69, 9.17) is 22.7 Å². The molecule has 0 heterocycles. The molecule has 0 saturated heterocycles. The molecule has 2 aromatic carbocycles. The topological polar surface area (TPSA) is 47.3 Å². The SMILES string of the molecule is CCCOc1ccc(Nc2ccc(C(N)=S)c(Br)c2)cc1. The number of halogens is 1. The van der Waals surface area contributed by atoms with E-state index in [1.54, 1.807) is 0 Å². The minimum absolute atomic E-state index is 0.380. The first kappa shape index (κ1) is 15.8. The van der Waals surface area contributed by atoms with Gasteiger partial charge in [0, 0.05) is 21.4 Å². The summed E-state index contributed by atoms with van der Waals surface area (Å²) in [4.78, 5) is 0.380. The van der Waals surface area contributed by atoms with Gasteiger partial charge in [-0.3, -0.25) is 0 Å². The molecule has 0 spiro atoms. The van der Waals surface area contributed by atoms with E-state index in [1.165, 1.54) is 0 Å². The number of nitrogens with one attached hydrogen (secondary N) is 1. The van der Waals surface area contributed by atoms with Crippen LogP contribution in [0, 0.1) is 0 Å². The van der Waals surface area contributed by atoms with E-state index in [9.17, 15) is 0 Å². The van der Waals surface area contributed by atoms with Crippen molar-refractivity contribution in [1.82, 2.24) is 0 Å². The number of nitrogens with two attached hydrogens (primary N) is 1. The van der Waals surface area contributed by atoms with Crippen molar-refractivity contribution in [3.05, 3.63) is 52.5 Å². The summed E-state index contributed by atoms with van der Waals surface area (Å²) in [6, 6.07) is 13.7. The molecule has 0 amide bonds. The van der Waals surface area contributed by atoms with Crippen LogP contribution < -0.4 is 15.8 Å². The summed E-state index contributed by atoms with van der Waals surface area (Å²) in [5, 5.41) is 3.32. The molecule has 110 valence electrons. The molecule has 5 heteroatoms. The van der Waals surface area contributed by atoms with E-state index in [0.29, 0.717) is 4.99 Å². The molecule has 3 nitrogen and oxygen atoms in total. The summed E-state index contributed by atoms with van der Waals surface area (Å²) < 4.78 is 6.44. The maximum Gasteiger partial charge on any atom is 0.119 e. The summed E-state index contributed by atoms with van der Waals surface area (Å²) in [7, 11) is 0. The second-order valence-electron chi connectivity index (χ2n) is 4.56. The van der Waals surface area contributed by atoms with Gasteiger partial charge in [0.25, 0.3) is 0 Å². The third-order valence-corrected chi connectivity index (χ3v) is 3.73. The highest BCUT2D eigenvalue weighted by atomic mass is 79.9. The van der Waals surface area contributed by atoms with Gasteiger partial charge in [0.1, 0.15) is 10.7 Å². The molecule has 0 atom stereocenters. The average molecular weight is 365 g/mol. The van der Waals surface area contributed by atoms with Crippen molar-refractivity contribution < 1.29 is 4.74 Å². The van der Waals surface area contributed by atoms with Crippen LogP contribution in [0.25, 0.3) is 0 Å². The van der Waals surface area contributed by atoms with Gasteiger partial charge in [-0.25, -0.2) is 0 Å². The Morgan fingerprint density at radius 1 is 1.19 bits per heavy atom. The Kier molecular flexibility index (Phi) is 5.59. The number of anilines is 2. The molecule has 0 aliphatic carbocycles. The maximum atomic E-state index is 5.64. The van der Waals surface area contributed by atoms with Gasteiger partial charge < -0.3 is 15.8 Å². The molecule has 0 saturated carbocycles. The fraction of sp³-hybridized carbons (Fsp3) is 0.188. The Bertz CT molecular complexity index is 629. The lowest BCUT2D eigenvalue weighted by Crippen LogP contribution is -2.10. The second kappa shape index (κ2) is 7.43. The van der Waals surface area contributed by atoms with Gasteiger partial charge in [-0.05, 0) is 64.8 Å². The van der Waals surface area contributed by atoms with Crippen LogP contribution in [0.4, 0.5) is 11.4 Å². The monoisotopic (exact) mass is 364 g/mol. The molecule has 0 bridgehead atoms. The zero-order chi connectivity index (χ0) is 15.2. The summed E-state index contributed by atoms with van der Waals surface area (Å²) in [6.07, 6.45) is 1.00.